The molecule has 126 valence electrons. The number of hydrogen-bond donors (Lipinski definition) is 3. The first-order valence-corrected chi connectivity index (χ1v) is 7.44. The zero-order valence-corrected chi connectivity index (χ0v) is 12.5. The minimum atomic E-state index is -5.08. The third-order valence-electron chi connectivity index (χ3n) is 4.91. The van der Waals surface area contributed by atoms with E-state index in [1.54, 1.807) is 7.05 Å². The Morgan fingerprint density at radius 1 is 1.18 bits per heavy atom. The number of rotatable bonds is 1. The van der Waals surface area contributed by atoms with Crippen molar-refractivity contribution in [2.24, 2.45) is 28.5 Å². The molecule has 8 heteroatoms. The van der Waals surface area contributed by atoms with Crippen LogP contribution in [0.1, 0.15) is 38.5 Å². The van der Waals surface area contributed by atoms with Crippen molar-refractivity contribution < 1.29 is 23.1 Å². The van der Waals surface area contributed by atoms with Gasteiger partial charge in [0.05, 0.1) is 0 Å². The number of hydrogen-bond acceptors (Lipinski definition) is 2. The maximum atomic E-state index is 10.6. The normalized spacial score (nSPS) is 36.5. The molecule has 4 fully saturated rings. The molecule has 4 N–H and O–H groups in total. The van der Waals surface area contributed by atoms with Crippen LogP contribution in [0, 0.1) is 17.8 Å². The molecule has 0 aromatic carbocycles. The first-order chi connectivity index (χ1) is 10.1. The Labute approximate surface area is 127 Å². The van der Waals surface area contributed by atoms with Crippen LogP contribution in [0.15, 0.2) is 4.99 Å². The number of aliphatic carboxylic acids is 1. The van der Waals surface area contributed by atoms with Crippen LogP contribution in [-0.2, 0) is 4.79 Å². The maximum absolute atomic E-state index is 10.6. The van der Waals surface area contributed by atoms with Crippen LogP contribution >= 0.6 is 0 Å². The number of nitrogens with zero attached hydrogens (tertiary/aromatic N) is 1. The van der Waals surface area contributed by atoms with Gasteiger partial charge in [0.1, 0.15) is 0 Å². The van der Waals surface area contributed by atoms with E-state index >= 15 is 0 Å². The SMILES string of the molecule is CN=C(N)NC12CC3CC(CC(C3)C1)C2.O=C(O)C(F)(F)F. The standard InChI is InChI=1S/C12H21N3.C2HF3O2/c1-14-11(13)15-12-5-8-2-9(6-12)4-10(3-8)7-12;3-2(4,5)1(6)7/h8-10H,2-7H2,1H3,(H3,13,14,15);(H,6,7). The zero-order chi connectivity index (χ0) is 16.5. The van der Waals surface area contributed by atoms with E-state index in [0.29, 0.717) is 11.5 Å². The fourth-order valence-corrected chi connectivity index (χ4v) is 4.59. The number of carboxylic acid groups (broad SMARTS) is 1. The number of carboxylic acids is 1. The van der Waals surface area contributed by atoms with E-state index in [1.807, 2.05) is 0 Å². The molecule has 0 radical (unpaired) electrons. The molecule has 0 atom stereocenters. The average Bonchev–Trinajstić information content (AvgIpc) is 2.35. The lowest BCUT2D eigenvalue weighted by atomic mass is 9.53. The highest BCUT2D eigenvalue weighted by Crippen LogP contribution is 2.55. The molecule has 0 amide bonds. The molecular formula is C14H22F3N3O2. The summed E-state index contributed by atoms with van der Waals surface area (Å²) in [7, 11) is 1.77. The Morgan fingerprint density at radius 2 is 1.55 bits per heavy atom. The van der Waals surface area contributed by atoms with Gasteiger partial charge in [-0.1, -0.05) is 0 Å². The van der Waals surface area contributed by atoms with E-state index in [0.717, 1.165) is 17.8 Å². The van der Waals surface area contributed by atoms with Gasteiger partial charge in [-0.2, -0.15) is 13.2 Å². The molecule has 4 aliphatic carbocycles. The summed E-state index contributed by atoms with van der Waals surface area (Å²) in [5.41, 5.74) is 6.15. The number of halogens is 3. The predicted octanol–water partition coefficient (Wildman–Crippen LogP) is 2.12. The highest BCUT2D eigenvalue weighted by Gasteiger charge is 2.51. The summed E-state index contributed by atoms with van der Waals surface area (Å²) in [5, 5.41) is 10.6. The largest absolute Gasteiger partial charge is 0.490 e. The number of nitrogens with one attached hydrogen (secondary N) is 1. The van der Waals surface area contributed by atoms with Crippen molar-refractivity contribution in [2.45, 2.75) is 50.2 Å². The average molecular weight is 321 g/mol. The fraction of sp³-hybridized carbons (Fsp3) is 0.857. The van der Waals surface area contributed by atoms with Crippen molar-refractivity contribution in [3.8, 4) is 0 Å². The Kier molecular flexibility index (Phi) is 4.58. The molecule has 0 spiro atoms. The lowest BCUT2D eigenvalue weighted by molar-refractivity contribution is -0.192. The molecule has 4 saturated carbocycles. The third-order valence-corrected chi connectivity index (χ3v) is 4.91. The van der Waals surface area contributed by atoms with Gasteiger partial charge in [-0.05, 0) is 56.3 Å². The maximum Gasteiger partial charge on any atom is 0.490 e. The Morgan fingerprint density at radius 3 is 1.82 bits per heavy atom. The van der Waals surface area contributed by atoms with Crippen molar-refractivity contribution >= 4 is 11.9 Å². The van der Waals surface area contributed by atoms with Gasteiger partial charge in [-0.15, -0.1) is 0 Å². The van der Waals surface area contributed by atoms with Crippen molar-refractivity contribution in [3.05, 3.63) is 0 Å². The second-order valence-electron chi connectivity index (χ2n) is 6.73. The van der Waals surface area contributed by atoms with Crippen molar-refractivity contribution in [1.82, 2.24) is 5.32 Å². The quantitative estimate of drug-likeness (QED) is 0.510. The topological polar surface area (TPSA) is 87.7 Å². The number of aliphatic imine (C=N–C) groups is 1. The van der Waals surface area contributed by atoms with E-state index in [4.69, 9.17) is 15.6 Å². The van der Waals surface area contributed by atoms with Crippen molar-refractivity contribution in [3.63, 3.8) is 0 Å². The predicted molar refractivity (Wildman–Crippen MR) is 75.3 cm³/mol. The van der Waals surface area contributed by atoms with E-state index in [9.17, 15) is 13.2 Å². The zero-order valence-electron chi connectivity index (χ0n) is 12.5. The molecule has 4 rings (SSSR count). The van der Waals surface area contributed by atoms with Gasteiger partial charge >= 0.3 is 12.1 Å². The monoisotopic (exact) mass is 321 g/mol. The lowest BCUT2D eigenvalue weighted by Gasteiger charge is -2.57. The number of guanidine groups is 1. The summed E-state index contributed by atoms with van der Waals surface area (Å²) in [4.78, 5) is 12.9. The van der Waals surface area contributed by atoms with E-state index in [1.165, 1.54) is 38.5 Å². The Hall–Kier alpha value is -1.47. The second-order valence-corrected chi connectivity index (χ2v) is 6.73. The van der Waals surface area contributed by atoms with Crippen LogP contribution in [0.25, 0.3) is 0 Å². The molecule has 5 nitrogen and oxygen atoms in total. The van der Waals surface area contributed by atoms with Gasteiger partial charge in [0, 0.05) is 12.6 Å². The van der Waals surface area contributed by atoms with E-state index < -0.39 is 12.1 Å². The molecule has 0 aromatic rings. The summed E-state index contributed by atoms with van der Waals surface area (Å²) < 4.78 is 31.7. The van der Waals surface area contributed by atoms with Crippen LogP contribution in [-0.4, -0.2) is 35.8 Å². The smallest absolute Gasteiger partial charge is 0.475 e. The highest BCUT2D eigenvalue weighted by atomic mass is 19.4. The molecule has 0 heterocycles. The summed E-state index contributed by atoms with van der Waals surface area (Å²) in [5.74, 6) is 0.777. The summed E-state index contributed by atoms with van der Waals surface area (Å²) in [6.45, 7) is 0. The summed E-state index contributed by atoms with van der Waals surface area (Å²) in [6.07, 6.45) is 3.33. The fourth-order valence-electron chi connectivity index (χ4n) is 4.59. The van der Waals surface area contributed by atoms with Gasteiger partial charge in [-0.3, -0.25) is 4.99 Å². The third kappa shape index (κ3) is 3.84. The Balaban J connectivity index is 0.000000217. The van der Waals surface area contributed by atoms with E-state index in [-0.39, 0.29) is 0 Å². The van der Waals surface area contributed by atoms with Crippen molar-refractivity contribution in [1.29, 1.82) is 0 Å². The van der Waals surface area contributed by atoms with Crippen LogP contribution in [0.5, 0.6) is 0 Å². The minimum Gasteiger partial charge on any atom is -0.475 e. The summed E-state index contributed by atoms with van der Waals surface area (Å²) in [6, 6.07) is 0. The molecule has 4 aliphatic rings. The molecule has 0 unspecified atom stereocenters. The number of nitrogens with two attached hydrogens (primary N) is 1. The first-order valence-electron chi connectivity index (χ1n) is 7.44. The number of carbonyl (C=O) groups is 1. The molecule has 4 bridgehead atoms. The van der Waals surface area contributed by atoms with Gasteiger partial charge in [-0.25, -0.2) is 4.79 Å². The van der Waals surface area contributed by atoms with Crippen LogP contribution < -0.4 is 11.1 Å². The van der Waals surface area contributed by atoms with Crippen LogP contribution in [0.3, 0.4) is 0 Å². The van der Waals surface area contributed by atoms with Gasteiger partial charge in [0.15, 0.2) is 5.96 Å². The van der Waals surface area contributed by atoms with Gasteiger partial charge in [0.25, 0.3) is 0 Å². The molecule has 22 heavy (non-hydrogen) atoms. The summed E-state index contributed by atoms with van der Waals surface area (Å²) >= 11 is 0. The second kappa shape index (κ2) is 5.96. The molecule has 0 aromatic heterocycles. The molecule has 0 saturated heterocycles. The number of alkyl halides is 3. The highest BCUT2D eigenvalue weighted by molar-refractivity contribution is 5.78. The van der Waals surface area contributed by atoms with Crippen LogP contribution in [0.2, 0.25) is 0 Å². The first kappa shape index (κ1) is 16.9. The van der Waals surface area contributed by atoms with Crippen molar-refractivity contribution in [2.75, 3.05) is 7.05 Å². The van der Waals surface area contributed by atoms with Gasteiger partial charge in [0.2, 0.25) is 0 Å². The van der Waals surface area contributed by atoms with Gasteiger partial charge < -0.3 is 16.2 Å². The molecule has 0 aliphatic heterocycles. The minimum absolute atomic E-state index is 0.318. The molecular weight excluding hydrogens is 299 g/mol. The Bertz CT molecular complexity index is 427. The lowest BCUT2D eigenvalue weighted by Crippen LogP contribution is -2.61. The van der Waals surface area contributed by atoms with Crippen LogP contribution in [0.4, 0.5) is 13.2 Å². The van der Waals surface area contributed by atoms with E-state index in [2.05, 4.69) is 10.3 Å².